The smallest absolute Gasteiger partial charge is 0.347 e. The lowest BCUT2D eigenvalue weighted by Gasteiger charge is -2.34. The predicted octanol–water partition coefficient (Wildman–Crippen LogP) is 1.47. The first-order valence-corrected chi connectivity index (χ1v) is 9.05. The minimum Gasteiger partial charge on any atom is -0.477 e. The number of sulfonamides is 1. The zero-order valence-electron chi connectivity index (χ0n) is 12.4. The van der Waals surface area contributed by atoms with Crippen LogP contribution in [0.5, 0.6) is 0 Å². The van der Waals surface area contributed by atoms with Gasteiger partial charge in [-0.1, -0.05) is 0 Å². The number of aryl methyl sites for hydroxylation is 1. The van der Waals surface area contributed by atoms with Crippen LogP contribution >= 0.6 is 11.3 Å². The average Bonchev–Trinajstić information content (AvgIpc) is 2.81. The highest BCUT2D eigenvalue weighted by atomic mass is 32.2. The Hall–Kier alpha value is -0.960. The molecule has 2 rings (SSSR count). The van der Waals surface area contributed by atoms with E-state index in [4.69, 9.17) is 0 Å². The molecule has 1 N–H and O–H groups in total. The van der Waals surface area contributed by atoms with E-state index in [0.29, 0.717) is 24.7 Å². The van der Waals surface area contributed by atoms with Crippen molar-refractivity contribution in [1.29, 1.82) is 0 Å². The topological polar surface area (TPSA) is 77.9 Å². The largest absolute Gasteiger partial charge is 0.477 e. The second kappa shape index (κ2) is 6.04. The van der Waals surface area contributed by atoms with Gasteiger partial charge in [0.25, 0.3) is 0 Å². The first-order valence-electron chi connectivity index (χ1n) is 6.73. The molecule has 1 aromatic rings. The monoisotopic (exact) mass is 332 g/mol. The van der Waals surface area contributed by atoms with Crippen molar-refractivity contribution in [3.8, 4) is 0 Å². The molecule has 1 aliphatic rings. The van der Waals surface area contributed by atoms with Gasteiger partial charge in [-0.2, -0.15) is 4.31 Å². The first-order chi connectivity index (χ1) is 9.75. The summed E-state index contributed by atoms with van der Waals surface area (Å²) in [5.41, 5.74) is 0.507. The van der Waals surface area contributed by atoms with Gasteiger partial charge in [0, 0.05) is 19.1 Å². The Bertz CT molecular complexity index is 629. The molecule has 0 aromatic carbocycles. The second-order valence-electron chi connectivity index (χ2n) is 5.48. The van der Waals surface area contributed by atoms with Gasteiger partial charge in [-0.25, -0.2) is 13.2 Å². The van der Waals surface area contributed by atoms with Gasteiger partial charge in [0.1, 0.15) is 9.77 Å². The van der Waals surface area contributed by atoms with Gasteiger partial charge in [0.2, 0.25) is 10.0 Å². The Morgan fingerprint density at radius 2 is 1.95 bits per heavy atom. The van der Waals surface area contributed by atoms with E-state index in [-0.39, 0.29) is 9.77 Å². The average molecular weight is 332 g/mol. The number of carboxylic acid groups (broad SMARTS) is 1. The van der Waals surface area contributed by atoms with E-state index in [1.54, 1.807) is 12.3 Å². The van der Waals surface area contributed by atoms with E-state index in [1.165, 1.54) is 4.31 Å². The molecule has 0 saturated carbocycles. The van der Waals surface area contributed by atoms with Gasteiger partial charge in [-0.05, 0) is 44.8 Å². The number of aromatic carboxylic acids is 1. The van der Waals surface area contributed by atoms with Crippen LogP contribution < -0.4 is 0 Å². The lowest BCUT2D eigenvalue weighted by molar-refractivity contribution is 0.0698. The third kappa shape index (κ3) is 3.13. The summed E-state index contributed by atoms with van der Waals surface area (Å²) in [5, 5.41) is 10.8. The number of hydrogen-bond donors (Lipinski definition) is 1. The number of carbonyl (C=O) groups is 1. The summed E-state index contributed by atoms with van der Waals surface area (Å²) in [7, 11) is 0.243. The Balaban J connectivity index is 2.28. The van der Waals surface area contributed by atoms with Crippen molar-refractivity contribution in [2.24, 2.45) is 0 Å². The number of hydrogen-bond acceptors (Lipinski definition) is 5. The number of piperidine rings is 1. The minimum atomic E-state index is -3.73. The van der Waals surface area contributed by atoms with Crippen LogP contribution in [0.2, 0.25) is 0 Å². The van der Waals surface area contributed by atoms with Crippen molar-refractivity contribution < 1.29 is 18.3 Å². The quantitative estimate of drug-likeness (QED) is 0.903. The van der Waals surface area contributed by atoms with E-state index in [0.717, 1.165) is 24.2 Å². The molecule has 0 aliphatic carbocycles. The third-order valence-corrected chi connectivity index (χ3v) is 7.17. The van der Waals surface area contributed by atoms with Crippen LogP contribution in [-0.2, 0) is 10.0 Å². The van der Waals surface area contributed by atoms with Crippen LogP contribution in [0.4, 0.5) is 0 Å². The summed E-state index contributed by atoms with van der Waals surface area (Å²) in [5.74, 6) is -1.19. The fourth-order valence-electron chi connectivity index (χ4n) is 2.63. The fourth-order valence-corrected chi connectivity index (χ4v) is 5.68. The summed E-state index contributed by atoms with van der Waals surface area (Å²) < 4.78 is 26.9. The molecular weight excluding hydrogens is 312 g/mol. The number of carboxylic acids is 1. The summed E-state index contributed by atoms with van der Waals surface area (Å²) >= 11 is 0.967. The third-order valence-electron chi connectivity index (χ3n) is 3.86. The second-order valence-corrected chi connectivity index (χ2v) is 8.24. The van der Waals surface area contributed by atoms with Crippen molar-refractivity contribution in [3.63, 3.8) is 0 Å². The summed E-state index contributed by atoms with van der Waals surface area (Å²) in [6, 6.07) is 0.374. The fraction of sp³-hybridized carbons (Fsp3) is 0.615. The lowest BCUT2D eigenvalue weighted by Crippen LogP contribution is -2.44. The summed E-state index contributed by atoms with van der Waals surface area (Å²) in [6.45, 7) is 2.50. The molecule has 21 heavy (non-hydrogen) atoms. The SMILES string of the molecule is Cc1csc(C(=O)O)c1S(=O)(=O)N1CCC(N(C)C)CC1. The first kappa shape index (κ1) is 16.4. The zero-order chi connectivity index (χ0) is 15.8. The molecule has 0 amide bonds. The number of rotatable bonds is 4. The predicted molar refractivity (Wildman–Crippen MR) is 81.5 cm³/mol. The minimum absolute atomic E-state index is 0.0386. The highest BCUT2D eigenvalue weighted by Gasteiger charge is 2.34. The molecule has 0 atom stereocenters. The number of thiophene rings is 1. The molecule has 1 saturated heterocycles. The van der Waals surface area contributed by atoms with Crippen LogP contribution in [0.15, 0.2) is 10.3 Å². The zero-order valence-corrected chi connectivity index (χ0v) is 14.0. The van der Waals surface area contributed by atoms with Crippen LogP contribution in [-0.4, -0.2) is 61.9 Å². The van der Waals surface area contributed by atoms with Crippen LogP contribution in [0.25, 0.3) is 0 Å². The molecule has 8 heteroatoms. The number of nitrogens with zero attached hydrogens (tertiary/aromatic N) is 2. The van der Waals surface area contributed by atoms with E-state index in [9.17, 15) is 18.3 Å². The normalized spacial score (nSPS) is 18.3. The summed E-state index contributed by atoms with van der Waals surface area (Å²) in [4.78, 5) is 13.2. The van der Waals surface area contributed by atoms with E-state index >= 15 is 0 Å². The van der Waals surface area contributed by atoms with Crippen LogP contribution in [0, 0.1) is 6.92 Å². The molecule has 1 aromatic heterocycles. The van der Waals surface area contributed by atoms with E-state index in [2.05, 4.69) is 4.90 Å². The van der Waals surface area contributed by atoms with Gasteiger partial charge >= 0.3 is 5.97 Å². The van der Waals surface area contributed by atoms with Gasteiger partial charge in [0.05, 0.1) is 0 Å². The molecule has 0 bridgehead atoms. The van der Waals surface area contributed by atoms with E-state index in [1.807, 2.05) is 14.1 Å². The van der Waals surface area contributed by atoms with Crippen molar-refractivity contribution in [3.05, 3.63) is 15.8 Å². The van der Waals surface area contributed by atoms with Gasteiger partial charge < -0.3 is 10.0 Å². The molecule has 118 valence electrons. The Morgan fingerprint density at radius 3 is 2.43 bits per heavy atom. The maximum atomic E-state index is 12.7. The van der Waals surface area contributed by atoms with Gasteiger partial charge in [-0.3, -0.25) is 0 Å². The van der Waals surface area contributed by atoms with Crippen LogP contribution in [0.1, 0.15) is 28.1 Å². The highest BCUT2D eigenvalue weighted by Crippen LogP contribution is 2.31. The van der Waals surface area contributed by atoms with Crippen molar-refractivity contribution in [2.75, 3.05) is 27.2 Å². The van der Waals surface area contributed by atoms with Crippen LogP contribution in [0.3, 0.4) is 0 Å². The van der Waals surface area contributed by atoms with Crippen molar-refractivity contribution in [2.45, 2.75) is 30.7 Å². The molecule has 1 fully saturated rings. The maximum absolute atomic E-state index is 12.7. The molecule has 6 nitrogen and oxygen atoms in total. The van der Waals surface area contributed by atoms with Gasteiger partial charge in [0.15, 0.2) is 0 Å². The molecule has 0 spiro atoms. The molecule has 2 heterocycles. The standard InChI is InChI=1S/C13H20N2O4S2/c1-9-8-20-11(13(16)17)12(9)21(18,19)15-6-4-10(5-7-15)14(2)3/h8,10H,4-7H2,1-3H3,(H,16,17). The van der Waals surface area contributed by atoms with Crippen molar-refractivity contribution >= 4 is 27.3 Å². The molecule has 0 unspecified atom stereocenters. The van der Waals surface area contributed by atoms with Crippen molar-refractivity contribution in [1.82, 2.24) is 9.21 Å². The lowest BCUT2D eigenvalue weighted by atomic mass is 10.1. The Morgan fingerprint density at radius 1 is 1.38 bits per heavy atom. The van der Waals surface area contributed by atoms with E-state index < -0.39 is 16.0 Å². The highest BCUT2D eigenvalue weighted by molar-refractivity contribution is 7.89. The molecular formula is C13H20N2O4S2. The molecule has 1 aliphatic heterocycles. The Labute approximate surface area is 129 Å². The maximum Gasteiger partial charge on any atom is 0.347 e. The van der Waals surface area contributed by atoms with Gasteiger partial charge in [-0.15, -0.1) is 11.3 Å². The molecule has 0 radical (unpaired) electrons. The summed E-state index contributed by atoms with van der Waals surface area (Å²) in [6.07, 6.45) is 1.52. The Kier molecular flexibility index (Phi) is 4.72.